The maximum atomic E-state index is 11.8. The molecule has 0 radical (unpaired) electrons. The number of nitrogens with zero attached hydrogens (tertiary/aromatic N) is 1. The average molecular weight is 322 g/mol. The highest BCUT2D eigenvalue weighted by Gasteiger charge is 2.18. The van der Waals surface area contributed by atoms with Gasteiger partial charge in [0.25, 0.3) is 0 Å². The van der Waals surface area contributed by atoms with Crippen molar-refractivity contribution in [2.24, 2.45) is 0 Å². The van der Waals surface area contributed by atoms with Crippen LogP contribution in [0.25, 0.3) is 0 Å². The van der Waals surface area contributed by atoms with E-state index in [9.17, 15) is 9.59 Å². The number of nitrogens with one attached hydrogen (secondary N) is 1. The Morgan fingerprint density at radius 2 is 1.83 bits per heavy atom. The van der Waals surface area contributed by atoms with Crippen molar-refractivity contribution < 1.29 is 19.4 Å². The van der Waals surface area contributed by atoms with E-state index in [2.05, 4.69) is 5.32 Å². The van der Waals surface area contributed by atoms with Crippen LogP contribution in [0, 0.1) is 0 Å². The fourth-order valence-electron chi connectivity index (χ4n) is 1.87. The lowest BCUT2D eigenvalue weighted by Crippen LogP contribution is -2.35. The van der Waals surface area contributed by atoms with Gasteiger partial charge in [-0.2, -0.15) is 0 Å². The van der Waals surface area contributed by atoms with Crippen LogP contribution in [0.5, 0.6) is 0 Å². The number of aromatic carboxylic acids is 1. The summed E-state index contributed by atoms with van der Waals surface area (Å²) in [4.78, 5) is 24.1. The quantitative estimate of drug-likeness (QED) is 0.755. The predicted octanol–water partition coefficient (Wildman–Crippen LogP) is 2.73. The highest BCUT2D eigenvalue weighted by molar-refractivity contribution is 5.87. The van der Waals surface area contributed by atoms with Gasteiger partial charge in [0.2, 0.25) is 0 Å². The van der Waals surface area contributed by atoms with Crippen LogP contribution < -0.4 is 5.32 Å². The lowest BCUT2D eigenvalue weighted by molar-refractivity contribution is 0.0297. The van der Waals surface area contributed by atoms with Crippen molar-refractivity contribution in [1.29, 1.82) is 0 Å². The van der Waals surface area contributed by atoms with Crippen LogP contribution in [-0.4, -0.2) is 47.8 Å². The van der Waals surface area contributed by atoms with Gasteiger partial charge < -0.3 is 20.1 Å². The molecule has 0 spiro atoms. The average Bonchev–Trinajstić information content (AvgIpc) is 2.45. The van der Waals surface area contributed by atoms with E-state index in [0.717, 1.165) is 18.5 Å². The Kier molecular flexibility index (Phi) is 7.03. The van der Waals surface area contributed by atoms with E-state index in [1.165, 1.54) is 0 Å². The first-order valence-corrected chi connectivity index (χ1v) is 7.66. The number of carboxylic acid groups (broad SMARTS) is 1. The molecule has 6 nitrogen and oxygen atoms in total. The van der Waals surface area contributed by atoms with Crippen LogP contribution in [0.1, 0.15) is 43.1 Å². The Balaban J connectivity index is 2.22. The van der Waals surface area contributed by atoms with Crippen molar-refractivity contribution in [3.8, 4) is 0 Å². The van der Waals surface area contributed by atoms with Crippen molar-refractivity contribution in [3.63, 3.8) is 0 Å². The number of ether oxygens (including phenoxy) is 1. The molecule has 2 N–H and O–H groups in total. The van der Waals surface area contributed by atoms with Gasteiger partial charge in [-0.1, -0.05) is 12.1 Å². The number of hydrogen-bond donors (Lipinski definition) is 2. The lowest BCUT2D eigenvalue weighted by Gasteiger charge is -2.24. The normalized spacial score (nSPS) is 11.1. The third-order valence-electron chi connectivity index (χ3n) is 3.08. The number of rotatable bonds is 7. The van der Waals surface area contributed by atoms with Gasteiger partial charge >= 0.3 is 12.1 Å². The summed E-state index contributed by atoms with van der Waals surface area (Å²) in [5.74, 6) is -0.922. The smallest absolute Gasteiger partial charge is 0.410 e. The number of carbonyl (C=O) groups excluding carboxylic acids is 1. The molecule has 1 rings (SSSR count). The van der Waals surface area contributed by atoms with E-state index in [4.69, 9.17) is 9.84 Å². The molecule has 0 saturated carbocycles. The lowest BCUT2D eigenvalue weighted by atomic mass is 10.1. The van der Waals surface area contributed by atoms with Gasteiger partial charge in [0.15, 0.2) is 0 Å². The standard InChI is InChI=1S/C17H26N2O4/c1-17(2,3)23-16(22)19(4)11-5-10-18-12-13-6-8-14(9-7-13)15(20)21/h6-9,18H,5,10-12H2,1-4H3,(H,20,21). The van der Waals surface area contributed by atoms with Gasteiger partial charge in [-0.25, -0.2) is 9.59 Å². The molecule has 1 aromatic rings. The first-order valence-electron chi connectivity index (χ1n) is 7.66. The molecule has 23 heavy (non-hydrogen) atoms. The molecule has 1 aromatic carbocycles. The molecule has 0 aliphatic rings. The van der Waals surface area contributed by atoms with E-state index in [1.54, 1.807) is 36.2 Å². The molecule has 0 aromatic heterocycles. The summed E-state index contributed by atoms with van der Waals surface area (Å²) in [6.07, 6.45) is 0.491. The summed E-state index contributed by atoms with van der Waals surface area (Å²) < 4.78 is 5.27. The first kappa shape index (κ1) is 19.0. The SMILES string of the molecule is CN(CCCNCc1ccc(C(=O)O)cc1)C(=O)OC(C)(C)C. The molecule has 0 atom stereocenters. The fourth-order valence-corrected chi connectivity index (χ4v) is 1.87. The minimum Gasteiger partial charge on any atom is -0.478 e. The number of benzene rings is 1. The van der Waals surface area contributed by atoms with Crippen LogP contribution >= 0.6 is 0 Å². The summed E-state index contributed by atoms with van der Waals surface area (Å²) in [6, 6.07) is 6.78. The molecular formula is C17H26N2O4. The third kappa shape index (κ3) is 7.65. The van der Waals surface area contributed by atoms with Gasteiger partial charge in [-0.15, -0.1) is 0 Å². The van der Waals surface area contributed by atoms with E-state index in [-0.39, 0.29) is 11.7 Å². The maximum Gasteiger partial charge on any atom is 0.410 e. The minimum atomic E-state index is -0.922. The highest BCUT2D eigenvalue weighted by Crippen LogP contribution is 2.09. The topological polar surface area (TPSA) is 78.9 Å². The summed E-state index contributed by atoms with van der Waals surface area (Å²) in [7, 11) is 1.72. The summed E-state index contributed by atoms with van der Waals surface area (Å²) >= 11 is 0. The summed E-state index contributed by atoms with van der Waals surface area (Å²) in [5, 5.41) is 12.1. The molecule has 0 bridgehead atoms. The van der Waals surface area contributed by atoms with Crippen LogP contribution in [0.3, 0.4) is 0 Å². The zero-order chi connectivity index (χ0) is 17.5. The fraction of sp³-hybridized carbons (Fsp3) is 0.529. The van der Waals surface area contributed by atoms with Gasteiger partial charge in [0.05, 0.1) is 5.56 Å². The molecule has 0 heterocycles. The van der Waals surface area contributed by atoms with E-state index in [1.807, 2.05) is 20.8 Å². The van der Waals surface area contributed by atoms with Gasteiger partial charge in [-0.3, -0.25) is 0 Å². The molecule has 128 valence electrons. The summed E-state index contributed by atoms with van der Waals surface area (Å²) in [5.41, 5.74) is 0.828. The molecular weight excluding hydrogens is 296 g/mol. The number of carboxylic acids is 1. The Morgan fingerprint density at radius 3 is 2.35 bits per heavy atom. The third-order valence-corrected chi connectivity index (χ3v) is 3.08. The second-order valence-corrected chi connectivity index (χ2v) is 6.43. The molecule has 1 amide bonds. The molecule has 0 aliphatic heterocycles. The maximum absolute atomic E-state index is 11.8. The Hall–Kier alpha value is -2.08. The van der Waals surface area contributed by atoms with Crippen molar-refractivity contribution >= 4 is 12.1 Å². The highest BCUT2D eigenvalue weighted by atomic mass is 16.6. The van der Waals surface area contributed by atoms with Crippen molar-refractivity contribution in [1.82, 2.24) is 10.2 Å². The van der Waals surface area contributed by atoms with Gasteiger partial charge in [0, 0.05) is 20.1 Å². The van der Waals surface area contributed by atoms with Crippen LogP contribution in [0.2, 0.25) is 0 Å². The van der Waals surface area contributed by atoms with E-state index >= 15 is 0 Å². The van der Waals surface area contributed by atoms with Crippen molar-refractivity contribution in [3.05, 3.63) is 35.4 Å². The summed E-state index contributed by atoms with van der Waals surface area (Å²) in [6.45, 7) is 7.56. The Bertz CT molecular complexity index is 520. The zero-order valence-corrected chi connectivity index (χ0v) is 14.3. The van der Waals surface area contributed by atoms with E-state index in [0.29, 0.717) is 13.1 Å². The number of carbonyl (C=O) groups is 2. The Labute approximate surface area is 137 Å². The molecule has 0 saturated heterocycles. The van der Waals surface area contributed by atoms with Crippen LogP contribution in [-0.2, 0) is 11.3 Å². The van der Waals surface area contributed by atoms with Gasteiger partial charge in [-0.05, 0) is 51.4 Å². The largest absolute Gasteiger partial charge is 0.478 e. The molecule has 6 heteroatoms. The number of amides is 1. The Morgan fingerprint density at radius 1 is 1.22 bits per heavy atom. The van der Waals surface area contributed by atoms with Crippen LogP contribution in [0.4, 0.5) is 4.79 Å². The van der Waals surface area contributed by atoms with Gasteiger partial charge in [0.1, 0.15) is 5.60 Å². The second-order valence-electron chi connectivity index (χ2n) is 6.43. The zero-order valence-electron chi connectivity index (χ0n) is 14.3. The minimum absolute atomic E-state index is 0.285. The molecule has 0 unspecified atom stereocenters. The second kappa shape index (κ2) is 8.53. The van der Waals surface area contributed by atoms with Crippen molar-refractivity contribution in [2.75, 3.05) is 20.1 Å². The number of hydrogen-bond acceptors (Lipinski definition) is 4. The molecule has 0 aliphatic carbocycles. The monoisotopic (exact) mass is 322 g/mol. The van der Waals surface area contributed by atoms with Crippen LogP contribution in [0.15, 0.2) is 24.3 Å². The predicted molar refractivity (Wildman–Crippen MR) is 88.6 cm³/mol. The molecule has 0 fully saturated rings. The van der Waals surface area contributed by atoms with E-state index < -0.39 is 11.6 Å². The van der Waals surface area contributed by atoms with Crippen molar-refractivity contribution in [2.45, 2.75) is 39.3 Å². The first-order chi connectivity index (χ1) is 10.7.